The number of aromatic nitrogens is 1. The minimum atomic E-state index is -1.11. The van der Waals surface area contributed by atoms with Crippen molar-refractivity contribution in [2.24, 2.45) is 0 Å². The van der Waals surface area contributed by atoms with Crippen molar-refractivity contribution in [2.45, 2.75) is 5.88 Å². The first-order chi connectivity index (χ1) is 4.74. The Morgan fingerprint density at radius 3 is 2.73 bits per heavy atom. The molecule has 1 aromatic heterocycles. The van der Waals surface area contributed by atoms with Crippen LogP contribution in [-0.2, 0) is 5.88 Å². The standard InChI is InChI=1S/C5H4ClNO3.ClH/c6-2-3-1-4(5(8)9)7-10-3;/h1H,2H2,(H,8,9);1H. The Kier molecular flexibility index (Phi) is 3.92. The Morgan fingerprint density at radius 2 is 2.45 bits per heavy atom. The van der Waals surface area contributed by atoms with E-state index in [0.717, 1.165) is 0 Å². The maximum Gasteiger partial charge on any atom is 0.358 e. The zero-order chi connectivity index (χ0) is 7.56. The maximum absolute atomic E-state index is 10.2. The Labute approximate surface area is 73.5 Å². The van der Waals surface area contributed by atoms with Crippen molar-refractivity contribution < 1.29 is 14.4 Å². The molecule has 1 aromatic rings. The van der Waals surface area contributed by atoms with Gasteiger partial charge in [0.15, 0.2) is 11.5 Å². The molecule has 0 saturated heterocycles. The summed E-state index contributed by atoms with van der Waals surface area (Å²) >= 11 is 5.32. The predicted octanol–water partition coefficient (Wildman–Crippen LogP) is 1.53. The summed E-state index contributed by atoms with van der Waals surface area (Å²) in [6, 6.07) is 1.29. The molecule has 0 aliphatic carbocycles. The quantitative estimate of drug-likeness (QED) is 0.731. The normalized spacial score (nSPS) is 8.82. The van der Waals surface area contributed by atoms with E-state index in [9.17, 15) is 4.79 Å². The second kappa shape index (κ2) is 4.20. The zero-order valence-corrected chi connectivity index (χ0v) is 6.85. The number of nitrogens with zero attached hydrogens (tertiary/aromatic N) is 1. The number of rotatable bonds is 2. The highest BCUT2D eigenvalue weighted by molar-refractivity contribution is 6.16. The maximum atomic E-state index is 10.2. The number of carbonyl (C=O) groups is 1. The SMILES string of the molecule is Cl.O=C(O)c1cc(CCl)on1. The van der Waals surface area contributed by atoms with E-state index < -0.39 is 5.97 Å². The number of hydrogen-bond donors (Lipinski definition) is 1. The Bertz CT molecular complexity index is 248. The summed E-state index contributed by atoms with van der Waals surface area (Å²) < 4.78 is 4.51. The van der Waals surface area contributed by atoms with Gasteiger partial charge in [-0.3, -0.25) is 0 Å². The summed E-state index contributed by atoms with van der Waals surface area (Å²) in [6.07, 6.45) is 0. The first-order valence-electron chi connectivity index (χ1n) is 2.49. The van der Waals surface area contributed by atoms with Crippen LogP contribution in [0.4, 0.5) is 0 Å². The lowest BCUT2D eigenvalue weighted by molar-refractivity contribution is 0.0685. The number of halogens is 2. The Hall–Kier alpha value is -0.740. The lowest BCUT2D eigenvalue weighted by Gasteiger charge is -1.76. The van der Waals surface area contributed by atoms with Crippen LogP contribution < -0.4 is 0 Å². The minimum absolute atomic E-state index is 0. The predicted molar refractivity (Wildman–Crippen MR) is 40.3 cm³/mol. The fourth-order valence-corrected chi connectivity index (χ4v) is 0.603. The van der Waals surface area contributed by atoms with Crippen molar-refractivity contribution in [3.63, 3.8) is 0 Å². The molecular weight excluding hydrogens is 193 g/mol. The molecule has 0 saturated carbocycles. The van der Waals surface area contributed by atoms with E-state index in [-0.39, 0.29) is 24.0 Å². The van der Waals surface area contributed by atoms with Gasteiger partial charge in [-0.15, -0.1) is 24.0 Å². The molecule has 0 amide bonds. The average Bonchev–Trinajstić information content (AvgIpc) is 2.34. The third kappa shape index (κ3) is 2.40. The molecule has 62 valence electrons. The molecule has 0 aliphatic rings. The third-order valence-electron chi connectivity index (χ3n) is 0.910. The van der Waals surface area contributed by atoms with Gasteiger partial charge in [-0.1, -0.05) is 5.16 Å². The van der Waals surface area contributed by atoms with Crippen LogP contribution in [0.2, 0.25) is 0 Å². The van der Waals surface area contributed by atoms with Crippen molar-refractivity contribution in [3.05, 3.63) is 17.5 Å². The van der Waals surface area contributed by atoms with Gasteiger partial charge in [0, 0.05) is 6.07 Å². The minimum Gasteiger partial charge on any atom is -0.476 e. The van der Waals surface area contributed by atoms with E-state index >= 15 is 0 Å². The summed E-state index contributed by atoms with van der Waals surface area (Å²) in [7, 11) is 0. The molecule has 0 atom stereocenters. The molecular formula is C5H5Cl2NO3. The second-order valence-corrected chi connectivity index (χ2v) is 1.88. The molecule has 0 aromatic carbocycles. The molecule has 6 heteroatoms. The molecule has 0 fully saturated rings. The van der Waals surface area contributed by atoms with E-state index in [1.807, 2.05) is 0 Å². The molecule has 1 heterocycles. The van der Waals surface area contributed by atoms with E-state index in [2.05, 4.69) is 9.68 Å². The largest absolute Gasteiger partial charge is 0.476 e. The van der Waals surface area contributed by atoms with Crippen LogP contribution in [0, 0.1) is 0 Å². The van der Waals surface area contributed by atoms with Gasteiger partial charge in [0.25, 0.3) is 0 Å². The smallest absolute Gasteiger partial charge is 0.358 e. The monoisotopic (exact) mass is 197 g/mol. The van der Waals surface area contributed by atoms with Crippen molar-refractivity contribution in [3.8, 4) is 0 Å². The highest BCUT2D eigenvalue weighted by Crippen LogP contribution is 2.05. The number of hydrogen-bond acceptors (Lipinski definition) is 3. The lowest BCUT2D eigenvalue weighted by Crippen LogP contribution is -1.94. The molecule has 1 rings (SSSR count). The van der Waals surface area contributed by atoms with Crippen LogP contribution in [0.15, 0.2) is 10.6 Å². The topological polar surface area (TPSA) is 63.3 Å². The van der Waals surface area contributed by atoms with Gasteiger partial charge in [0.05, 0.1) is 5.88 Å². The lowest BCUT2D eigenvalue weighted by atomic mass is 10.4. The van der Waals surface area contributed by atoms with Crippen molar-refractivity contribution in [1.29, 1.82) is 0 Å². The number of carboxylic acid groups (broad SMARTS) is 1. The zero-order valence-electron chi connectivity index (χ0n) is 5.28. The van der Waals surface area contributed by atoms with Crippen LogP contribution in [0.1, 0.15) is 16.2 Å². The van der Waals surface area contributed by atoms with Gasteiger partial charge in [0.1, 0.15) is 0 Å². The first kappa shape index (κ1) is 10.3. The molecule has 0 aliphatic heterocycles. The van der Waals surface area contributed by atoms with Gasteiger partial charge in [0.2, 0.25) is 0 Å². The van der Waals surface area contributed by atoms with E-state index in [0.29, 0.717) is 5.76 Å². The number of aromatic carboxylic acids is 1. The van der Waals surface area contributed by atoms with Gasteiger partial charge in [-0.2, -0.15) is 0 Å². The van der Waals surface area contributed by atoms with E-state index in [1.165, 1.54) is 6.07 Å². The van der Waals surface area contributed by atoms with Crippen molar-refractivity contribution in [1.82, 2.24) is 5.16 Å². The van der Waals surface area contributed by atoms with Gasteiger partial charge >= 0.3 is 5.97 Å². The molecule has 0 bridgehead atoms. The molecule has 0 spiro atoms. The average molecular weight is 198 g/mol. The summed E-state index contributed by atoms with van der Waals surface area (Å²) in [5.41, 5.74) is -0.115. The molecule has 4 nitrogen and oxygen atoms in total. The molecule has 11 heavy (non-hydrogen) atoms. The van der Waals surface area contributed by atoms with Crippen LogP contribution >= 0.6 is 24.0 Å². The van der Waals surface area contributed by atoms with Gasteiger partial charge in [-0.25, -0.2) is 4.79 Å². The van der Waals surface area contributed by atoms with Crippen LogP contribution in [0.25, 0.3) is 0 Å². The Balaban J connectivity index is 0.000001000. The highest BCUT2D eigenvalue weighted by atomic mass is 35.5. The van der Waals surface area contributed by atoms with Gasteiger partial charge < -0.3 is 9.63 Å². The van der Waals surface area contributed by atoms with Crippen molar-refractivity contribution in [2.75, 3.05) is 0 Å². The fraction of sp³-hybridized carbons (Fsp3) is 0.200. The van der Waals surface area contributed by atoms with Crippen molar-refractivity contribution >= 4 is 30.0 Å². The number of carboxylic acids is 1. The number of alkyl halides is 1. The van der Waals surface area contributed by atoms with Crippen LogP contribution in [-0.4, -0.2) is 16.2 Å². The van der Waals surface area contributed by atoms with E-state index in [4.69, 9.17) is 16.7 Å². The van der Waals surface area contributed by atoms with Crippen LogP contribution in [0.5, 0.6) is 0 Å². The fourth-order valence-electron chi connectivity index (χ4n) is 0.477. The van der Waals surface area contributed by atoms with E-state index in [1.54, 1.807) is 0 Å². The molecule has 1 N–H and O–H groups in total. The third-order valence-corrected chi connectivity index (χ3v) is 1.17. The summed E-state index contributed by atoms with van der Waals surface area (Å²) in [5.74, 6) is -0.612. The summed E-state index contributed by atoms with van der Waals surface area (Å²) in [6.45, 7) is 0. The summed E-state index contributed by atoms with van der Waals surface area (Å²) in [4.78, 5) is 10.2. The molecule has 0 unspecified atom stereocenters. The first-order valence-corrected chi connectivity index (χ1v) is 3.02. The van der Waals surface area contributed by atoms with Crippen LogP contribution in [0.3, 0.4) is 0 Å². The second-order valence-electron chi connectivity index (χ2n) is 1.62. The molecule has 0 radical (unpaired) electrons. The Morgan fingerprint density at radius 1 is 1.82 bits per heavy atom. The van der Waals surface area contributed by atoms with Gasteiger partial charge in [-0.05, 0) is 0 Å². The highest BCUT2D eigenvalue weighted by Gasteiger charge is 2.08. The summed E-state index contributed by atoms with van der Waals surface area (Å²) in [5, 5.41) is 11.6.